The Balaban J connectivity index is 1.97. The molecule has 1 N–H and O–H groups in total. The molecule has 8 nitrogen and oxygen atoms in total. The molecule has 3 rings (SSSR count). The monoisotopic (exact) mass is 371 g/mol. The van der Waals surface area contributed by atoms with E-state index in [-0.39, 0.29) is 16.9 Å². The molecule has 1 aliphatic rings. The van der Waals surface area contributed by atoms with Crippen LogP contribution in [0.2, 0.25) is 5.02 Å². The molecule has 2 aromatic carbocycles. The van der Waals surface area contributed by atoms with Crippen LogP contribution in [0.15, 0.2) is 54.1 Å². The Bertz CT molecular complexity index is 951. The first kappa shape index (κ1) is 17.3. The van der Waals surface area contributed by atoms with Crippen molar-refractivity contribution in [3.05, 3.63) is 74.8 Å². The number of hydrogen-bond donors (Lipinski definition) is 1. The third-order valence-electron chi connectivity index (χ3n) is 3.60. The third kappa shape index (κ3) is 3.31. The summed E-state index contributed by atoms with van der Waals surface area (Å²) < 4.78 is 0. The lowest BCUT2D eigenvalue weighted by atomic mass is 10.1. The molecule has 0 aromatic heterocycles. The Hall–Kier alpha value is -3.52. The molecule has 130 valence electrons. The van der Waals surface area contributed by atoms with Gasteiger partial charge in [0.2, 0.25) is 0 Å². The molecular formula is C17H10ClN3O5. The van der Waals surface area contributed by atoms with Crippen molar-refractivity contribution in [3.63, 3.8) is 0 Å². The number of non-ortho nitro benzene ring substituents is 1. The van der Waals surface area contributed by atoms with Crippen LogP contribution < -0.4 is 10.2 Å². The van der Waals surface area contributed by atoms with Gasteiger partial charge >= 0.3 is 6.03 Å². The molecule has 1 heterocycles. The highest BCUT2D eigenvalue weighted by Crippen LogP contribution is 2.24. The summed E-state index contributed by atoms with van der Waals surface area (Å²) in [5, 5.41) is 13.3. The zero-order chi connectivity index (χ0) is 18.8. The summed E-state index contributed by atoms with van der Waals surface area (Å²) in [5.41, 5.74) is 0.218. The van der Waals surface area contributed by atoms with Crippen molar-refractivity contribution in [1.29, 1.82) is 0 Å². The summed E-state index contributed by atoms with van der Waals surface area (Å²) in [6.45, 7) is 0. The summed E-state index contributed by atoms with van der Waals surface area (Å²) in [7, 11) is 0. The fourth-order valence-electron chi connectivity index (χ4n) is 2.34. The Kier molecular flexibility index (Phi) is 4.51. The highest BCUT2D eigenvalue weighted by molar-refractivity contribution is 6.39. The van der Waals surface area contributed by atoms with Crippen molar-refractivity contribution < 1.29 is 19.3 Å². The topological polar surface area (TPSA) is 110 Å². The number of carbonyl (C=O) groups excluding carboxylic acids is 3. The molecule has 0 bridgehead atoms. The number of anilines is 1. The molecule has 1 aliphatic heterocycles. The smallest absolute Gasteiger partial charge is 0.273 e. The van der Waals surface area contributed by atoms with Gasteiger partial charge in [0, 0.05) is 17.2 Å². The number of nitrogens with zero attached hydrogens (tertiary/aromatic N) is 2. The number of amides is 4. The van der Waals surface area contributed by atoms with Gasteiger partial charge in [0.1, 0.15) is 5.57 Å². The Morgan fingerprint density at radius 1 is 1.00 bits per heavy atom. The lowest BCUT2D eigenvalue weighted by Gasteiger charge is -2.26. The van der Waals surface area contributed by atoms with Gasteiger partial charge in [0.15, 0.2) is 0 Å². The van der Waals surface area contributed by atoms with Crippen molar-refractivity contribution in [2.45, 2.75) is 0 Å². The van der Waals surface area contributed by atoms with Gasteiger partial charge in [-0.2, -0.15) is 0 Å². The maximum atomic E-state index is 12.7. The lowest BCUT2D eigenvalue weighted by molar-refractivity contribution is -0.384. The molecule has 0 radical (unpaired) electrons. The molecule has 1 saturated heterocycles. The van der Waals surface area contributed by atoms with Gasteiger partial charge in [-0.05, 0) is 35.9 Å². The van der Waals surface area contributed by atoms with E-state index in [0.717, 1.165) is 17.0 Å². The standard InChI is InChI=1S/C17H10ClN3O5/c18-11-3-1-10(2-4-11)9-14-15(22)19-17(24)20(16(14)23)12-5-7-13(8-6-12)21(25)26/h1-9H,(H,19,22,24)/b14-9+. The molecule has 4 amide bonds. The second kappa shape index (κ2) is 6.77. The van der Waals surface area contributed by atoms with Crippen LogP contribution in [-0.4, -0.2) is 22.8 Å². The number of rotatable bonds is 3. The predicted octanol–water partition coefficient (Wildman–Crippen LogP) is 2.91. The van der Waals surface area contributed by atoms with Crippen LogP contribution >= 0.6 is 11.6 Å². The van der Waals surface area contributed by atoms with Gasteiger partial charge < -0.3 is 0 Å². The minimum atomic E-state index is -0.929. The number of benzene rings is 2. The Morgan fingerprint density at radius 3 is 2.19 bits per heavy atom. The Labute approximate surface area is 151 Å². The number of imide groups is 2. The second-order valence-corrected chi connectivity index (χ2v) is 5.72. The van der Waals surface area contributed by atoms with E-state index >= 15 is 0 Å². The molecule has 0 saturated carbocycles. The van der Waals surface area contributed by atoms with E-state index in [1.165, 1.54) is 18.2 Å². The van der Waals surface area contributed by atoms with Gasteiger partial charge in [0.05, 0.1) is 10.6 Å². The summed E-state index contributed by atoms with van der Waals surface area (Å²) in [6, 6.07) is 10.3. The van der Waals surface area contributed by atoms with E-state index in [1.807, 2.05) is 0 Å². The predicted molar refractivity (Wildman–Crippen MR) is 93.6 cm³/mol. The number of nitro benzene ring substituents is 1. The number of nitro groups is 1. The van der Waals surface area contributed by atoms with Crippen LogP contribution in [0.1, 0.15) is 5.56 Å². The minimum absolute atomic E-state index is 0.104. The van der Waals surface area contributed by atoms with E-state index < -0.39 is 22.8 Å². The SMILES string of the molecule is O=C1NC(=O)N(c2ccc([N+](=O)[O-])cc2)C(=O)/C1=C/c1ccc(Cl)cc1. The number of barbiturate groups is 1. The average molecular weight is 372 g/mol. The van der Waals surface area contributed by atoms with Crippen molar-refractivity contribution in [3.8, 4) is 0 Å². The van der Waals surface area contributed by atoms with E-state index in [4.69, 9.17) is 11.6 Å². The Morgan fingerprint density at radius 2 is 1.62 bits per heavy atom. The normalized spacial score (nSPS) is 16.0. The number of nitrogens with one attached hydrogen (secondary N) is 1. The molecule has 26 heavy (non-hydrogen) atoms. The number of halogens is 1. The van der Waals surface area contributed by atoms with Crippen LogP contribution in [0.4, 0.5) is 16.2 Å². The zero-order valence-corrected chi connectivity index (χ0v) is 13.8. The maximum Gasteiger partial charge on any atom is 0.335 e. The highest BCUT2D eigenvalue weighted by Gasteiger charge is 2.36. The van der Waals surface area contributed by atoms with Crippen molar-refractivity contribution >= 4 is 46.9 Å². The van der Waals surface area contributed by atoms with E-state index in [1.54, 1.807) is 24.3 Å². The molecule has 1 fully saturated rings. The van der Waals surface area contributed by atoms with Gasteiger partial charge in [0.25, 0.3) is 17.5 Å². The molecule has 0 aliphatic carbocycles. The summed E-state index contributed by atoms with van der Waals surface area (Å²) in [4.78, 5) is 47.6. The first-order chi connectivity index (χ1) is 12.4. The minimum Gasteiger partial charge on any atom is -0.273 e. The van der Waals surface area contributed by atoms with Gasteiger partial charge in [-0.15, -0.1) is 0 Å². The number of urea groups is 1. The van der Waals surface area contributed by atoms with Gasteiger partial charge in [-0.25, -0.2) is 9.69 Å². The largest absolute Gasteiger partial charge is 0.335 e. The van der Waals surface area contributed by atoms with Crippen molar-refractivity contribution in [2.75, 3.05) is 4.90 Å². The molecular weight excluding hydrogens is 362 g/mol. The van der Waals surface area contributed by atoms with E-state index in [2.05, 4.69) is 5.32 Å². The molecule has 9 heteroatoms. The average Bonchev–Trinajstić information content (AvgIpc) is 2.60. The van der Waals surface area contributed by atoms with Crippen molar-refractivity contribution in [2.24, 2.45) is 0 Å². The second-order valence-electron chi connectivity index (χ2n) is 5.28. The van der Waals surface area contributed by atoms with Gasteiger partial charge in [-0.3, -0.25) is 25.0 Å². The quantitative estimate of drug-likeness (QED) is 0.386. The highest BCUT2D eigenvalue weighted by atomic mass is 35.5. The first-order valence-electron chi connectivity index (χ1n) is 7.28. The lowest BCUT2D eigenvalue weighted by Crippen LogP contribution is -2.54. The summed E-state index contributed by atoms with van der Waals surface area (Å²) in [5.74, 6) is -1.66. The maximum absolute atomic E-state index is 12.7. The molecule has 0 spiro atoms. The van der Waals surface area contributed by atoms with Crippen LogP contribution in [0, 0.1) is 10.1 Å². The number of carbonyl (C=O) groups is 3. The molecule has 0 atom stereocenters. The van der Waals surface area contributed by atoms with E-state index in [0.29, 0.717) is 10.6 Å². The molecule has 0 unspecified atom stereocenters. The fourth-order valence-corrected chi connectivity index (χ4v) is 2.47. The van der Waals surface area contributed by atoms with E-state index in [9.17, 15) is 24.5 Å². The molecule has 2 aromatic rings. The van der Waals surface area contributed by atoms with Gasteiger partial charge in [-0.1, -0.05) is 23.7 Å². The van der Waals surface area contributed by atoms with Crippen LogP contribution in [-0.2, 0) is 9.59 Å². The van der Waals surface area contributed by atoms with Crippen LogP contribution in [0.3, 0.4) is 0 Å². The van der Waals surface area contributed by atoms with Crippen LogP contribution in [0.25, 0.3) is 6.08 Å². The zero-order valence-electron chi connectivity index (χ0n) is 13.0. The third-order valence-corrected chi connectivity index (χ3v) is 3.85. The summed E-state index contributed by atoms with van der Waals surface area (Å²) >= 11 is 5.80. The fraction of sp³-hybridized carbons (Fsp3) is 0. The first-order valence-corrected chi connectivity index (χ1v) is 7.66. The summed E-state index contributed by atoms with van der Waals surface area (Å²) in [6.07, 6.45) is 1.33. The van der Waals surface area contributed by atoms with Crippen molar-refractivity contribution in [1.82, 2.24) is 5.32 Å². The number of hydrogen-bond acceptors (Lipinski definition) is 5. The van der Waals surface area contributed by atoms with Crippen LogP contribution in [0.5, 0.6) is 0 Å².